The lowest BCUT2D eigenvalue weighted by atomic mass is 9.76. The van der Waals surface area contributed by atoms with E-state index in [4.69, 9.17) is 33.2 Å². The average molecular weight is 585 g/mol. The summed E-state index contributed by atoms with van der Waals surface area (Å²) in [6.07, 6.45) is 3.27. The predicted molar refractivity (Wildman–Crippen MR) is 156 cm³/mol. The minimum absolute atomic E-state index is 0.0462. The van der Waals surface area contributed by atoms with Gasteiger partial charge in [-0.1, -0.05) is 18.2 Å². The topological polar surface area (TPSA) is 111 Å². The Morgan fingerprint density at radius 1 is 0.857 bits per heavy atom. The molecule has 0 bridgehead atoms. The zero-order chi connectivity index (χ0) is 29.6. The van der Waals surface area contributed by atoms with Gasteiger partial charge in [-0.2, -0.15) is 0 Å². The van der Waals surface area contributed by atoms with E-state index in [1.165, 1.54) is 12.1 Å². The van der Waals surface area contributed by atoms with Crippen molar-refractivity contribution in [2.45, 2.75) is 31.1 Å². The van der Waals surface area contributed by atoms with Crippen LogP contribution in [0.4, 0.5) is 11.4 Å². The van der Waals surface area contributed by atoms with Crippen molar-refractivity contribution in [2.75, 3.05) is 84.6 Å². The summed E-state index contributed by atoms with van der Waals surface area (Å²) >= 11 is 0. The number of fused-ring (bicyclic) bond motifs is 2. The van der Waals surface area contributed by atoms with Gasteiger partial charge in [0.1, 0.15) is 11.9 Å². The summed E-state index contributed by atoms with van der Waals surface area (Å²) < 4.78 is 41.5. The van der Waals surface area contributed by atoms with E-state index in [2.05, 4.69) is 30.9 Å². The van der Waals surface area contributed by atoms with Crippen molar-refractivity contribution in [3.8, 4) is 5.75 Å². The number of hydrogen-bond acceptors (Lipinski definition) is 10. The van der Waals surface area contributed by atoms with Gasteiger partial charge < -0.3 is 38.1 Å². The summed E-state index contributed by atoms with van der Waals surface area (Å²) in [4.78, 5) is 13.7. The van der Waals surface area contributed by atoms with Gasteiger partial charge in [0.25, 0.3) is 5.69 Å². The van der Waals surface area contributed by atoms with Gasteiger partial charge >= 0.3 is 0 Å². The molecule has 3 aliphatic heterocycles. The van der Waals surface area contributed by atoms with Crippen molar-refractivity contribution >= 4 is 17.5 Å². The predicted octanol–water partition coefficient (Wildman–Crippen LogP) is 4.28. The highest BCUT2D eigenvalue weighted by Crippen LogP contribution is 2.55. The largest absolute Gasteiger partial charge is 0.462 e. The molecule has 5 rings (SSSR count). The van der Waals surface area contributed by atoms with Gasteiger partial charge in [0.2, 0.25) is 5.72 Å². The fourth-order valence-corrected chi connectivity index (χ4v) is 5.79. The summed E-state index contributed by atoms with van der Waals surface area (Å²) in [7, 11) is 2.01. The molecule has 0 aromatic heterocycles. The van der Waals surface area contributed by atoms with Gasteiger partial charge in [-0.15, -0.1) is 0 Å². The van der Waals surface area contributed by atoms with Gasteiger partial charge in [-0.25, -0.2) is 0 Å². The van der Waals surface area contributed by atoms with E-state index in [9.17, 15) is 10.1 Å². The molecule has 2 unspecified atom stereocenters. The number of hydrogen-bond donors (Lipinski definition) is 0. The number of rotatable bonds is 2. The van der Waals surface area contributed by atoms with Gasteiger partial charge in [-0.3, -0.25) is 10.1 Å². The van der Waals surface area contributed by atoms with Crippen LogP contribution < -0.4 is 9.64 Å². The Bertz CT molecular complexity index is 1250. The first-order valence-electron chi connectivity index (χ1n) is 14.4. The number of benzene rings is 2. The normalized spacial score (nSPS) is 25.6. The fourth-order valence-electron chi connectivity index (χ4n) is 5.79. The molecular weight excluding hydrogens is 544 g/mol. The van der Waals surface area contributed by atoms with Crippen LogP contribution in [0, 0.1) is 10.1 Å². The molecule has 3 aliphatic rings. The average Bonchev–Trinajstić information content (AvgIpc) is 3.14. The summed E-state index contributed by atoms with van der Waals surface area (Å²) in [6.45, 7) is 8.48. The van der Waals surface area contributed by atoms with Gasteiger partial charge in [0.15, 0.2) is 0 Å². The summed E-state index contributed by atoms with van der Waals surface area (Å²) in [5.74, 6) is 0.536. The molecule has 1 saturated heterocycles. The number of non-ortho nitro benzene ring substituents is 1. The zero-order valence-corrected chi connectivity index (χ0v) is 24.5. The molecule has 0 amide bonds. The minimum Gasteiger partial charge on any atom is -0.462 e. The van der Waals surface area contributed by atoms with Crippen molar-refractivity contribution in [3.63, 3.8) is 0 Å². The molecule has 0 saturated carbocycles. The maximum atomic E-state index is 12.0. The molecule has 2 atom stereocenters. The molecular formula is C31H40N2O9. The Balaban J connectivity index is 1.44. The lowest BCUT2D eigenvalue weighted by Gasteiger charge is -2.46. The van der Waals surface area contributed by atoms with Crippen molar-refractivity contribution in [2.24, 2.45) is 0 Å². The third kappa shape index (κ3) is 6.17. The van der Waals surface area contributed by atoms with Gasteiger partial charge in [-0.05, 0) is 37.6 Å². The number of para-hydroxylation sites is 1. The lowest BCUT2D eigenvalue weighted by molar-refractivity contribution is -0.385. The highest BCUT2D eigenvalue weighted by molar-refractivity contribution is 5.74. The standard InChI is InChI=1S/C31H40N2O9/c1-30(2)26-6-4-5-7-27(26)32(3)31(30)9-8-23-20-24(33(34)35)21-25(29(23)42-31)28-22-40-17-16-38-13-12-36-10-11-37-14-15-39-18-19-41-28/h4-9,20-21,28H,10-19,22H2,1-3H3. The molecule has 3 heterocycles. The molecule has 2 aromatic carbocycles. The van der Waals surface area contributed by atoms with E-state index in [1.807, 2.05) is 31.3 Å². The molecule has 0 N–H and O–H groups in total. The van der Waals surface area contributed by atoms with Crippen LogP contribution in [-0.2, 0) is 33.8 Å². The second-order valence-electron chi connectivity index (χ2n) is 10.9. The lowest BCUT2D eigenvalue weighted by Crippen LogP contribution is -2.58. The number of nitrogens with zero attached hydrogens (tertiary/aromatic N) is 2. The third-order valence-electron chi connectivity index (χ3n) is 8.07. The molecule has 42 heavy (non-hydrogen) atoms. The molecule has 1 fully saturated rings. The Hall–Kier alpha value is -3.06. The first kappa shape index (κ1) is 30.4. The van der Waals surface area contributed by atoms with E-state index in [-0.39, 0.29) is 18.9 Å². The van der Waals surface area contributed by atoms with Crippen LogP contribution in [0.15, 0.2) is 42.5 Å². The third-order valence-corrected chi connectivity index (χ3v) is 8.07. The smallest absolute Gasteiger partial charge is 0.270 e. The Labute approximate surface area is 246 Å². The van der Waals surface area contributed by atoms with Crippen LogP contribution in [0.2, 0.25) is 0 Å². The SMILES string of the molecule is CN1c2ccccc2C(C)(C)C12C=Cc1cc([N+](=O)[O-])cc(C3COCCOCCOCCOCCOCCO3)c1O2. The van der Waals surface area contributed by atoms with Crippen molar-refractivity contribution in [1.29, 1.82) is 0 Å². The highest BCUT2D eigenvalue weighted by atomic mass is 16.6. The maximum absolute atomic E-state index is 12.0. The van der Waals surface area contributed by atoms with E-state index >= 15 is 0 Å². The highest BCUT2D eigenvalue weighted by Gasteiger charge is 2.58. The van der Waals surface area contributed by atoms with Crippen molar-refractivity contribution in [3.05, 3.63) is 69.3 Å². The second kappa shape index (κ2) is 13.5. The maximum Gasteiger partial charge on any atom is 0.270 e. The van der Waals surface area contributed by atoms with E-state index in [1.54, 1.807) is 0 Å². The van der Waals surface area contributed by atoms with Crippen molar-refractivity contribution in [1.82, 2.24) is 0 Å². The number of likely N-dealkylation sites (N-methyl/N-ethyl adjacent to an activating group) is 1. The Morgan fingerprint density at radius 2 is 1.45 bits per heavy atom. The molecule has 11 heteroatoms. The van der Waals surface area contributed by atoms with Gasteiger partial charge in [0.05, 0.1) is 83.0 Å². The molecule has 1 spiro atoms. The van der Waals surface area contributed by atoms with E-state index in [0.29, 0.717) is 76.3 Å². The quantitative estimate of drug-likeness (QED) is 0.375. The summed E-state index contributed by atoms with van der Waals surface area (Å²) in [5, 5.41) is 12.0. The minimum atomic E-state index is -0.857. The van der Waals surface area contributed by atoms with Crippen LogP contribution in [0.25, 0.3) is 6.08 Å². The van der Waals surface area contributed by atoms with Crippen LogP contribution in [0.1, 0.15) is 36.6 Å². The first-order chi connectivity index (χ1) is 20.3. The van der Waals surface area contributed by atoms with Crippen LogP contribution in [0.3, 0.4) is 0 Å². The van der Waals surface area contributed by atoms with E-state index < -0.39 is 22.2 Å². The fraction of sp³-hybridized carbons (Fsp3) is 0.548. The van der Waals surface area contributed by atoms with Crippen molar-refractivity contribution < 1.29 is 38.1 Å². The second-order valence-corrected chi connectivity index (χ2v) is 10.9. The molecule has 0 radical (unpaired) electrons. The monoisotopic (exact) mass is 584 g/mol. The van der Waals surface area contributed by atoms with Gasteiger partial charge in [0, 0.05) is 36.0 Å². The summed E-state index contributed by atoms with van der Waals surface area (Å²) in [5.41, 5.74) is 2.06. The Morgan fingerprint density at radius 3 is 2.07 bits per heavy atom. The number of ether oxygens (including phenoxy) is 7. The van der Waals surface area contributed by atoms with Crippen LogP contribution in [0.5, 0.6) is 5.75 Å². The number of nitro groups is 1. The zero-order valence-electron chi connectivity index (χ0n) is 24.5. The molecule has 0 aliphatic carbocycles. The number of anilines is 1. The summed E-state index contributed by atoms with van der Waals surface area (Å²) in [6, 6.07) is 11.3. The van der Waals surface area contributed by atoms with Crippen LogP contribution >= 0.6 is 0 Å². The molecule has 228 valence electrons. The van der Waals surface area contributed by atoms with E-state index in [0.717, 1.165) is 11.3 Å². The molecule has 11 nitrogen and oxygen atoms in total. The Kier molecular flexibility index (Phi) is 9.77. The van der Waals surface area contributed by atoms with Crippen LogP contribution in [-0.4, -0.2) is 90.4 Å². The molecule has 2 aromatic rings. The first-order valence-corrected chi connectivity index (χ1v) is 14.4. The number of nitro benzene ring substituents is 1.